The van der Waals surface area contributed by atoms with E-state index in [1.165, 1.54) is 29.2 Å². The van der Waals surface area contributed by atoms with Gasteiger partial charge in [-0.2, -0.15) is 0 Å². The number of ketones is 1. The van der Waals surface area contributed by atoms with E-state index in [2.05, 4.69) is 52.9 Å². The number of rotatable bonds is 0. The van der Waals surface area contributed by atoms with Crippen molar-refractivity contribution in [3.05, 3.63) is 64.3 Å². The van der Waals surface area contributed by atoms with Crippen LogP contribution in [0.4, 0.5) is 0 Å². The minimum absolute atomic E-state index is 0.0498. The van der Waals surface area contributed by atoms with Crippen molar-refractivity contribution in [3.8, 4) is 5.75 Å². The van der Waals surface area contributed by atoms with Gasteiger partial charge in [0.1, 0.15) is 11.9 Å². The topological polar surface area (TPSA) is 75.6 Å². The molecule has 5 nitrogen and oxygen atoms in total. The third-order valence-electron chi connectivity index (χ3n) is 11.6. The molecule has 5 heteroatoms. The summed E-state index contributed by atoms with van der Waals surface area (Å²) in [7, 11) is 0. The predicted octanol–water partition coefficient (Wildman–Crippen LogP) is 5.40. The number of ether oxygens (including phenoxy) is 1. The zero-order valence-corrected chi connectivity index (χ0v) is 24.0. The second-order valence-corrected chi connectivity index (χ2v) is 14.1. The summed E-state index contributed by atoms with van der Waals surface area (Å²) in [6, 6.07) is 7.92. The van der Waals surface area contributed by atoms with Crippen LogP contribution in [0.5, 0.6) is 5.75 Å². The van der Waals surface area contributed by atoms with Crippen LogP contribution in [0.25, 0.3) is 0 Å². The first-order valence-electron chi connectivity index (χ1n) is 14.9. The highest BCUT2D eigenvalue weighted by molar-refractivity contribution is 6.22. The molecule has 4 bridgehead atoms. The molecule has 8 rings (SSSR count). The average molecular weight is 528 g/mol. The second kappa shape index (κ2) is 8.19. The highest BCUT2D eigenvalue weighted by Gasteiger charge is 2.66. The summed E-state index contributed by atoms with van der Waals surface area (Å²) in [4.78, 5) is 28.2. The van der Waals surface area contributed by atoms with Gasteiger partial charge in [-0.1, -0.05) is 62.6 Å². The summed E-state index contributed by atoms with van der Waals surface area (Å²) < 4.78 is 7.01. The minimum atomic E-state index is -1.58. The molecule has 206 valence electrons. The minimum Gasteiger partial charge on any atom is -0.490 e. The first-order chi connectivity index (χ1) is 18.4. The number of Topliss-reactive ketones (excluding diaryl/α,β-unsaturated/α-hetero) is 1. The molecule has 0 aromatic heterocycles. The number of hydrogen-bond acceptors (Lipinski definition) is 4. The summed E-state index contributed by atoms with van der Waals surface area (Å²) in [5.41, 5.74) is 3.01. The van der Waals surface area contributed by atoms with E-state index in [1.54, 1.807) is 0 Å². The first-order valence-corrected chi connectivity index (χ1v) is 14.9. The van der Waals surface area contributed by atoms with Gasteiger partial charge in [0.2, 0.25) is 0 Å². The lowest BCUT2D eigenvalue weighted by Gasteiger charge is -2.49. The molecule has 4 aliphatic carbocycles. The lowest BCUT2D eigenvalue weighted by molar-refractivity contribution is -0.130. The number of carbonyl (C=O) groups excluding carboxylic acids is 2. The van der Waals surface area contributed by atoms with Crippen LogP contribution in [0.1, 0.15) is 59.9 Å². The van der Waals surface area contributed by atoms with Gasteiger partial charge < -0.3 is 15.2 Å². The summed E-state index contributed by atoms with van der Waals surface area (Å²) in [6.45, 7) is 13.7. The Balaban J connectivity index is 1.50. The first kappa shape index (κ1) is 25.3. The summed E-state index contributed by atoms with van der Waals surface area (Å²) in [5, 5.41) is 14.1. The van der Waals surface area contributed by atoms with Crippen LogP contribution in [-0.4, -0.2) is 28.6 Å². The maximum Gasteiger partial charge on any atom is 0.257 e. The molecule has 11 atom stereocenters. The lowest BCUT2D eigenvalue weighted by atomic mass is 9.54. The molecule has 0 spiro atoms. The fourth-order valence-corrected chi connectivity index (χ4v) is 10.4. The van der Waals surface area contributed by atoms with Crippen molar-refractivity contribution >= 4 is 11.7 Å². The molecular formula is C34H41NO4. The van der Waals surface area contributed by atoms with E-state index in [9.17, 15) is 14.7 Å². The Kier molecular flexibility index (Phi) is 5.32. The summed E-state index contributed by atoms with van der Waals surface area (Å²) >= 11 is 0. The summed E-state index contributed by atoms with van der Waals surface area (Å²) in [5.74, 6) is 2.13. The van der Waals surface area contributed by atoms with Crippen LogP contribution in [0.2, 0.25) is 0 Å². The maximum absolute atomic E-state index is 14.8. The molecule has 2 fully saturated rings. The Morgan fingerprint density at radius 1 is 1.00 bits per heavy atom. The summed E-state index contributed by atoms with van der Waals surface area (Å²) in [6.07, 6.45) is 6.20. The van der Waals surface area contributed by atoms with Crippen molar-refractivity contribution in [1.82, 2.24) is 5.32 Å². The van der Waals surface area contributed by atoms with E-state index in [1.807, 2.05) is 24.3 Å². The highest BCUT2D eigenvalue weighted by Crippen LogP contribution is 2.67. The Hall–Kier alpha value is -2.66. The van der Waals surface area contributed by atoms with Crippen LogP contribution in [-0.2, 0) is 16.0 Å². The monoisotopic (exact) mass is 527 g/mol. The molecular weight excluding hydrogens is 486 g/mol. The third-order valence-corrected chi connectivity index (χ3v) is 11.6. The number of aliphatic hydroxyl groups is 1. The van der Waals surface area contributed by atoms with Gasteiger partial charge in [-0.15, -0.1) is 0 Å². The van der Waals surface area contributed by atoms with Crippen LogP contribution < -0.4 is 10.1 Å². The number of carbonyl (C=O) groups is 2. The number of allylic oxidation sites excluding steroid dienone is 4. The van der Waals surface area contributed by atoms with Crippen LogP contribution >= 0.6 is 0 Å². The molecule has 2 saturated carbocycles. The molecule has 0 radical (unpaired) electrons. The van der Waals surface area contributed by atoms with Gasteiger partial charge in [0.15, 0.2) is 11.5 Å². The molecule has 1 aromatic rings. The Labute approximate surface area is 231 Å². The SMILES string of the molecule is CC1=C[C@@]2(C)C(=C(C)[C@H]3[C@@H]4C[C@H](C)C[C@H](C)[C@H]4[C@H]4Oc5ccc(cc5)C[C@@]5(O)C=C(C(=O)N5)C(=O)[C@H]2[C@@H]43)[C@H]1C. The van der Waals surface area contributed by atoms with Crippen molar-refractivity contribution < 1.29 is 19.4 Å². The van der Waals surface area contributed by atoms with Gasteiger partial charge in [0.05, 0.1) is 5.57 Å². The highest BCUT2D eigenvalue weighted by atomic mass is 16.5. The van der Waals surface area contributed by atoms with Gasteiger partial charge in [-0.3, -0.25) is 9.59 Å². The van der Waals surface area contributed by atoms with Gasteiger partial charge in [-0.25, -0.2) is 0 Å². The number of benzene rings is 1. The van der Waals surface area contributed by atoms with E-state index < -0.39 is 23.0 Å². The lowest BCUT2D eigenvalue weighted by Crippen LogP contribution is -2.50. The quantitative estimate of drug-likeness (QED) is 0.350. The molecule has 1 amide bonds. The van der Waals surface area contributed by atoms with Gasteiger partial charge >= 0.3 is 0 Å². The van der Waals surface area contributed by atoms with E-state index in [0.29, 0.717) is 23.7 Å². The Morgan fingerprint density at radius 3 is 2.44 bits per heavy atom. The van der Waals surface area contributed by atoms with Gasteiger partial charge in [0, 0.05) is 29.6 Å². The van der Waals surface area contributed by atoms with Crippen molar-refractivity contribution in [1.29, 1.82) is 0 Å². The number of hydrogen-bond donors (Lipinski definition) is 2. The van der Waals surface area contributed by atoms with Crippen LogP contribution in [0, 0.1) is 52.8 Å². The standard InChI is InChI=1S/C34H41NO4/c1-16-11-17(2)25-23(12-16)26-20(5)28-19(4)18(3)13-33(28,6)29-27(26)31(25)39-22-9-7-21(8-10-22)14-34(38)15-24(30(29)36)32(37)35-34/h7-10,13,15-17,19,23,25-27,29,31,38H,11-12,14H2,1-6H3,(H,35,37)/t16-,17+,19+,23-,25-,26+,27+,29-,31-,33+,34-/m1/s1. The van der Waals surface area contributed by atoms with Crippen LogP contribution in [0.15, 0.2) is 58.7 Å². The fraction of sp³-hybridized carbons (Fsp3) is 0.588. The van der Waals surface area contributed by atoms with E-state index >= 15 is 0 Å². The largest absolute Gasteiger partial charge is 0.490 e. The predicted molar refractivity (Wildman–Crippen MR) is 149 cm³/mol. The zero-order chi connectivity index (χ0) is 27.6. The van der Waals surface area contributed by atoms with Crippen molar-refractivity contribution in [2.24, 2.45) is 52.8 Å². The van der Waals surface area contributed by atoms with E-state index in [4.69, 9.17) is 4.74 Å². The maximum atomic E-state index is 14.8. The molecule has 1 aromatic carbocycles. The van der Waals surface area contributed by atoms with Crippen molar-refractivity contribution in [2.45, 2.75) is 72.6 Å². The Morgan fingerprint density at radius 2 is 1.72 bits per heavy atom. The number of fused-ring (bicyclic) bond motifs is 5. The number of nitrogens with one attached hydrogen (secondary N) is 1. The van der Waals surface area contributed by atoms with Crippen molar-refractivity contribution in [2.75, 3.05) is 0 Å². The van der Waals surface area contributed by atoms with Crippen molar-refractivity contribution in [3.63, 3.8) is 0 Å². The van der Waals surface area contributed by atoms with Gasteiger partial charge in [-0.05, 0) is 80.1 Å². The molecule has 7 aliphatic rings. The van der Waals surface area contributed by atoms with Crippen LogP contribution in [0.3, 0.4) is 0 Å². The van der Waals surface area contributed by atoms with E-state index in [0.717, 1.165) is 17.7 Å². The average Bonchev–Trinajstić information content (AvgIpc) is 3.41. The fourth-order valence-electron chi connectivity index (χ4n) is 10.4. The molecule has 39 heavy (non-hydrogen) atoms. The van der Waals surface area contributed by atoms with Gasteiger partial charge in [0.25, 0.3) is 5.91 Å². The molecule has 2 N–H and O–H groups in total. The smallest absolute Gasteiger partial charge is 0.257 e. The normalized spacial score (nSPS) is 46.2. The third kappa shape index (κ3) is 3.41. The molecule has 3 aliphatic heterocycles. The molecule has 0 unspecified atom stereocenters. The molecule has 0 saturated heterocycles. The number of amides is 1. The van der Waals surface area contributed by atoms with E-state index in [-0.39, 0.29) is 41.6 Å². The second-order valence-electron chi connectivity index (χ2n) is 14.1. The molecule has 3 heterocycles. The Bertz CT molecular complexity index is 1370. The zero-order valence-electron chi connectivity index (χ0n) is 24.0.